The van der Waals surface area contributed by atoms with Gasteiger partial charge in [-0.3, -0.25) is 0 Å². The van der Waals surface area contributed by atoms with Crippen LogP contribution in [-0.4, -0.2) is 28.8 Å². The van der Waals surface area contributed by atoms with Crippen LogP contribution >= 0.6 is 11.6 Å². The minimum atomic E-state index is 0.481. The van der Waals surface area contributed by atoms with Gasteiger partial charge in [0, 0.05) is 11.6 Å². The van der Waals surface area contributed by atoms with E-state index in [1.165, 1.54) is 0 Å². The molecule has 0 unspecified atom stereocenters. The van der Waals surface area contributed by atoms with Gasteiger partial charge in [0.15, 0.2) is 5.82 Å². The quantitative estimate of drug-likeness (QED) is 0.852. The number of nitrogens with one attached hydrogen (secondary N) is 2. The summed E-state index contributed by atoms with van der Waals surface area (Å²) >= 11 is 6.00. The van der Waals surface area contributed by atoms with Gasteiger partial charge in [0.1, 0.15) is 5.75 Å². The monoisotopic (exact) mass is 307 g/mol. The Morgan fingerprint density at radius 1 is 1.33 bits per heavy atom. The van der Waals surface area contributed by atoms with E-state index in [-0.39, 0.29) is 0 Å². The molecule has 7 heteroatoms. The van der Waals surface area contributed by atoms with Gasteiger partial charge in [-0.25, -0.2) is 0 Å². The second kappa shape index (κ2) is 7.08. The number of methoxy groups -OCH3 is 1. The molecule has 0 aliphatic rings. The molecular formula is C14H18ClN5O. The zero-order valence-electron chi connectivity index (χ0n) is 12.2. The molecule has 2 aromatic rings. The molecule has 2 N–H and O–H groups in total. The number of anilines is 3. The van der Waals surface area contributed by atoms with Crippen LogP contribution in [0.3, 0.4) is 0 Å². The third kappa shape index (κ3) is 4.46. The summed E-state index contributed by atoms with van der Waals surface area (Å²) in [6.07, 6.45) is 1.54. The van der Waals surface area contributed by atoms with Crippen molar-refractivity contribution in [3.05, 3.63) is 29.4 Å². The SMILES string of the molecule is COc1ccc(Cl)cc1Nc1cnnc(NCC(C)C)n1. The van der Waals surface area contributed by atoms with Gasteiger partial charge in [0.05, 0.1) is 19.0 Å². The number of hydrogen-bond acceptors (Lipinski definition) is 6. The normalized spacial score (nSPS) is 10.5. The first-order chi connectivity index (χ1) is 10.1. The van der Waals surface area contributed by atoms with Crippen LogP contribution in [0.2, 0.25) is 5.02 Å². The van der Waals surface area contributed by atoms with Crippen LogP contribution in [0.5, 0.6) is 5.75 Å². The Balaban J connectivity index is 2.16. The highest BCUT2D eigenvalue weighted by Crippen LogP contribution is 2.29. The van der Waals surface area contributed by atoms with E-state index in [4.69, 9.17) is 16.3 Å². The Labute approximate surface area is 128 Å². The summed E-state index contributed by atoms with van der Waals surface area (Å²) in [4.78, 5) is 4.35. The number of halogens is 1. The molecule has 0 aliphatic carbocycles. The van der Waals surface area contributed by atoms with Gasteiger partial charge >= 0.3 is 0 Å². The van der Waals surface area contributed by atoms with Crippen molar-refractivity contribution in [3.63, 3.8) is 0 Å². The summed E-state index contributed by atoms with van der Waals surface area (Å²) in [6, 6.07) is 5.32. The van der Waals surface area contributed by atoms with Gasteiger partial charge in [-0.2, -0.15) is 10.1 Å². The molecule has 0 atom stereocenters. The Morgan fingerprint density at radius 2 is 2.14 bits per heavy atom. The van der Waals surface area contributed by atoms with Crippen molar-refractivity contribution in [2.45, 2.75) is 13.8 Å². The minimum Gasteiger partial charge on any atom is -0.495 e. The molecule has 0 radical (unpaired) electrons. The lowest BCUT2D eigenvalue weighted by molar-refractivity contribution is 0.417. The molecule has 1 aromatic heterocycles. The zero-order valence-corrected chi connectivity index (χ0v) is 13.0. The standard InChI is InChI=1S/C14H18ClN5O/c1-9(2)7-16-14-19-13(8-17-20-14)18-11-6-10(15)4-5-12(11)21-3/h4-6,8-9H,7H2,1-3H3,(H2,16,18,19,20). The molecule has 112 valence electrons. The molecule has 0 bridgehead atoms. The van der Waals surface area contributed by atoms with Crippen LogP contribution in [0, 0.1) is 5.92 Å². The molecule has 0 fully saturated rings. The van der Waals surface area contributed by atoms with Crippen molar-refractivity contribution in [3.8, 4) is 5.75 Å². The number of aromatic nitrogens is 3. The minimum absolute atomic E-state index is 0.481. The van der Waals surface area contributed by atoms with Crippen molar-refractivity contribution < 1.29 is 4.74 Å². The largest absolute Gasteiger partial charge is 0.495 e. The predicted molar refractivity (Wildman–Crippen MR) is 84.4 cm³/mol. The molecular weight excluding hydrogens is 290 g/mol. The smallest absolute Gasteiger partial charge is 0.244 e. The van der Waals surface area contributed by atoms with E-state index < -0.39 is 0 Å². The number of benzene rings is 1. The van der Waals surface area contributed by atoms with E-state index in [0.29, 0.717) is 28.5 Å². The van der Waals surface area contributed by atoms with Crippen molar-refractivity contribution in [1.82, 2.24) is 15.2 Å². The number of hydrogen-bond donors (Lipinski definition) is 2. The van der Waals surface area contributed by atoms with Crippen LogP contribution in [0.25, 0.3) is 0 Å². The average molecular weight is 308 g/mol. The summed E-state index contributed by atoms with van der Waals surface area (Å²) in [5, 5.41) is 14.7. The summed E-state index contributed by atoms with van der Waals surface area (Å²) in [5.41, 5.74) is 0.723. The van der Waals surface area contributed by atoms with Crippen LogP contribution in [0.1, 0.15) is 13.8 Å². The number of ether oxygens (including phenoxy) is 1. The van der Waals surface area contributed by atoms with Crippen LogP contribution in [0.15, 0.2) is 24.4 Å². The highest BCUT2D eigenvalue weighted by Gasteiger charge is 2.07. The topological polar surface area (TPSA) is 72.0 Å². The maximum absolute atomic E-state index is 6.00. The van der Waals surface area contributed by atoms with Gasteiger partial charge in [0.2, 0.25) is 5.95 Å². The molecule has 0 spiro atoms. The lowest BCUT2D eigenvalue weighted by Gasteiger charge is -2.11. The van der Waals surface area contributed by atoms with Crippen molar-refractivity contribution in [1.29, 1.82) is 0 Å². The van der Waals surface area contributed by atoms with Crippen molar-refractivity contribution >= 4 is 29.1 Å². The first-order valence-electron chi connectivity index (χ1n) is 6.62. The molecule has 0 saturated heterocycles. The van der Waals surface area contributed by atoms with Gasteiger partial charge in [-0.05, 0) is 24.1 Å². The first kappa shape index (κ1) is 15.3. The van der Waals surface area contributed by atoms with E-state index in [1.54, 1.807) is 31.5 Å². The maximum Gasteiger partial charge on any atom is 0.244 e. The molecule has 0 aliphatic heterocycles. The fourth-order valence-electron chi connectivity index (χ4n) is 1.65. The van der Waals surface area contributed by atoms with E-state index in [2.05, 4.69) is 39.7 Å². The van der Waals surface area contributed by atoms with Gasteiger partial charge in [0.25, 0.3) is 0 Å². The highest BCUT2D eigenvalue weighted by atomic mass is 35.5. The molecule has 2 rings (SSSR count). The summed E-state index contributed by atoms with van der Waals surface area (Å²) in [7, 11) is 1.60. The first-order valence-corrected chi connectivity index (χ1v) is 7.00. The molecule has 1 aromatic carbocycles. The Hall–Kier alpha value is -2.08. The van der Waals surface area contributed by atoms with E-state index in [1.807, 2.05) is 0 Å². The van der Waals surface area contributed by atoms with E-state index >= 15 is 0 Å². The van der Waals surface area contributed by atoms with Gasteiger partial charge in [-0.15, -0.1) is 5.10 Å². The summed E-state index contributed by atoms with van der Waals surface area (Å²) in [5.74, 6) is 2.22. The van der Waals surface area contributed by atoms with Gasteiger partial charge < -0.3 is 15.4 Å². The summed E-state index contributed by atoms with van der Waals surface area (Å²) in [6.45, 7) is 5.00. The highest BCUT2D eigenvalue weighted by molar-refractivity contribution is 6.31. The fraction of sp³-hybridized carbons (Fsp3) is 0.357. The third-order valence-electron chi connectivity index (χ3n) is 2.65. The molecule has 6 nitrogen and oxygen atoms in total. The van der Waals surface area contributed by atoms with Crippen LogP contribution < -0.4 is 15.4 Å². The molecule has 0 amide bonds. The maximum atomic E-state index is 6.00. The third-order valence-corrected chi connectivity index (χ3v) is 2.89. The van der Waals surface area contributed by atoms with Crippen LogP contribution in [0.4, 0.5) is 17.5 Å². The molecule has 21 heavy (non-hydrogen) atoms. The Morgan fingerprint density at radius 3 is 2.86 bits per heavy atom. The van der Waals surface area contributed by atoms with E-state index in [0.717, 1.165) is 12.2 Å². The summed E-state index contributed by atoms with van der Waals surface area (Å²) < 4.78 is 5.28. The second-order valence-electron chi connectivity index (χ2n) is 4.91. The average Bonchev–Trinajstić information content (AvgIpc) is 2.46. The van der Waals surface area contributed by atoms with Gasteiger partial charge in [-0.1, -0.05) is 25.4 Å². The lowest BCUT2D eigenvalue weighted by Crippen LogP contribution is -2.11. The molecule has 0 saturated carbocycles. The lowest BCUT2D eigenvalue weighted by atomic mass is 10.2. The predicted octanol–water partition coefficient (Wildman–Crippen LogP) is 3.35. The van der Waals surface area contributed by atoms with Crippen molar-refractivity contribution in [2.75, 3.05) is 24.3 Å². The van der Waals surface area contributed by atoms with E-state index in [9.17, 15) is 0 Å². The number of rotatable bonds is 6. The second-order valence-corrected chi connectivity index (χ2v) is 5.35. The zero-order chi connectivity index (χ0) is 15.2. The molecule has 1 heterocycles. The fourth-order valence-corrected chi connectivity index (χ4v) is 1.82. The number of nitrogens with zero attached hydrogens (tertiary/aromatic N) is 3. The van der Waals surface area contributed by atoms with Crippen molar-refractivity contribution in [2.24, 2.45) is 5.92 Å². The Kier molecular flexibility index (Phi) is 5.16. The van der Waals surface area contributed by atoms with Crippen LogP contribution in [-0.2, 0) is 0 Å². The Bertz CT molecular complexity index is 606.